The number of carbonyl (C=O) groups is 1. The summed E-state index contributed by atoms with van der Waals surface area (Å²) in [6, 6.07) is 5.72. The van der Waals surface area contributed by atoms with Gasteiger partial charge in [0.1, 0.15) is 0 Å². The molecule has 116 valence electrons. The summed E-state index contributed by atoms with van der Waals surface area (Å²) in [7, 11) is 0. The molecule has 1 N–H and O–H groups in total. The van der Waals surface area contributed by atoms with Gasteiger partial charge in [0, 0.05) is 29.8 Å². The molecule has 0 unspecified atom stereocenters. The molecule has 1 aromatic carbocycles. The van der Waals surface area contributed by atoms with Crippen LogP contribution < -0.4 is 5.32 Å². The van der Waals surface area contributed by atoms with Gasteiger partial charge in [-0.15, -0.1) is 0 Å². The van der Waals surface area contributed by atoms with Crippen LogP contribution in [0.1, 0.15) is 50.4 Å². The van der Waals surface area contributed by atoms with Crippen LogP contribution in [0.25, 0.3) is 0 Å². The first-order chi connectivity index (χ1) is 10.0. The zero-order valence-corrected chi connectivity index (χ0v) is 13.9. The summed E-state index contributed by atoms with van der Waals surface area (Å²) in [5, 5.41) is 3.93. The van der Waals surface area contributed by atoms with Crippen molar-refractivity contribution in [2.75, 3.05) is 18.4 Å². The van der Waals surface area contributed by atoms with Crippen molar-refractivity contribution < 1.29 is 4.79 Å². The lowest BCUT2D eigenvalue weighted by Crippen LogP contribution is -2.38. The average Bonchev–Trinajstić information content (AvgIpc) is 3.26. The fraction of sp³-hybridized carbons (Fsp3) is 0.588. The van der Waals surface area contributed by atoms with Gasteiger partial charge in [0.25, 0.3) is 5.91 Å². The molecule has 0 atom stereocenters. The predicted octanol–water partition coefficient (Wildman–Crippen LogP) is 4.42. The van der Waals surface area contributed by atoms with E-state index in [1.54, 1.807) is 6.07 Å². The summed E-state index contributed by atoms with van der Waals surface area (Å²) < 4.78 is 0. The number of nitrogens with zero attached hydrogens (tertiary/aromatic N) is 1. The largest absolute Gasteiger partial charge is 0.384 e. The number of amides is 1. The highest BCUT2D eigenvalue weighted by Gasteiger charge is 2.29. The minimum atomic E-state index is 0.0815. The van der Waals surface area contributed by atoms with Crippen molar-refractivity contribution in [2.45, 2.75) is 46.1 Å². The molecular formula is C17H25ClN2O. The van der Waals surface area contributed by atoms with Crippen LogP contribution in [0.5, 0.6) is 0 Å². The fourth-order valence-corrected chi connectivity index (χ4v) is 2.54. The predicted molar refractivity (Wildman–Crippen MR) is 89.1 cm³/mol. The van der Waals surface area contributed by atoms with Crippen molar-refractivity contribution in [3.8, 4) is 0 Å². The van der Waals surface area contributed by atoms with E-state index in [0.29, 0.717) is 16.5 Å². The SMILES string of the molecule is CCCNc1ccc(Cl)cc1C(=O)N(CC1CC1)C(C)C. The van der Waals surface area contributed by atoms with E-state index in [1.165, 1.54) is 12.8 Å². The molecule has 0 radical (unpaired) electrons. The monoisotopic (exact) mass is 308 g/mol. The molecule has 1 fully saturated rings. The Morgan fingerprint density at radius 3 is 2.71 bits per heavy atom. The van der Waals surface area contributed by atoms with Gasteiger partial charge >= 0.3 is 0 Å². The van der Waals surface area contributed by atoms with Gasteiger partial charge in [0.15, 0.2) is 0 Å². The number of nitrogens with one attached hydrogen (secondary N) is 1. The summed E-state index contributed by atoms with van der Waals surface area (Å²) >= 11 is 6.10. The van der Waals surface area contributed by atoms with E-state index in [4.69, 9.17) is 11.6 Å². The van der Waals surface area contributed by atoms with Gasteiger partial charge in [-0.2, -0.15) is 0 Å². The van der Waals surface area contributed by atoms with Crippen molar-refractivity contribution >= 4 is 23.2 Å². The van der Waals surface area contributed by atoms with Crippen LogP contribution in [0.3, 0.4) is 0 Å². The topological polar surface area (TPSA) is 32.3 Å². The smallest absolute Gasteiger partial charge is 0.256 e. The highest BCUT2D eigenvalue weighted by atomic mass is 35.5. The first-order valence-electron chi connectivity index (χ1n) is 7.87. The maximum absolute atomic E-state index is 12.9. The Morgan fingerprint density at radius 1 is 1.43 bits per heavy atom. The van der Waals surface area contributed by atoms with Crippen molar-refractivity contribution in [2.24, 2.45) is 5.92 Å². The van der Waals surface area contributed by atoms with E-state index in [-0.39, 0.29) is 11.9 Å². The molecule has 0 aliphatic heterocycles. The Labute approximate surface area is 132 Å². The lowest BCUT2D eigenvalue weighted by Gasteiger charge is -2.28. The normalized spacial score (nSPS) is 14.3. The van der Waals surface area contributed by atoms with Crippen molar-refractivity contribution in [3.63, 3.8) is 0 Å². The molecule has 3 nitrogen and oxygen atoms in total. The molecular weight excluding hydrogens is 284 g/mol. The highest BCUT2D eigenvalue weighted by Crippen LogP contribution is 2.31. The van der Waals surface area contributed by atoms with Gasteiger partial charge < -0.3 is 10.2 Å². The molecule has 4 heteroatoms. The molecule has 2 rings (SSSR count). The summed E-state index contributed by atoms with van der Waals surface area (Å²) in [6.07, 6.45) is 3.51. The second-order valence-corrected chi connectivity index (χ2v) is 6.55. The summed E-state index contributed by atoms with van der Waals surface area (Å²) in [5.74, 6) is 0.764. The van der Waals surface area contributed by atoms with Crippen molar-refractivity contribution in [3.05, 3.63) is 28.8 Å². The first kappa shape index (κ1) is 16.2. The van der Waals surface area contributed by atoms with Crippen LogP contribution in [-0.4, -0.2) is 29.9 Å². The lowest BCUT2D eigenvalue weighted by atomic mass is 10.1. The Hall–Kier alpha value is -1.22. The third kappa shape index (κ3) is 4.37. The lowest BCUT2D eigenvalue weighted by molar-refractivity contribution is 0.0697. The molecule has 0 heterocycles. The van der Waals surface area contributed by atoms with E-state index in [2.05, 4.69) is 26.1 Å². The van der Waals surface area contributed by atoms with Crippen LogP contribution in [0.4, 0.5) is 5.69 Å². The summed E-state index contributed by atoms with van der Waals surface area (Å²) in [4.78, 5) is 14.9. The fourth-order valence-electron chi connectivity index (χ4n) is 2.37. The van der Waals surface area contributed by atoms with E-state index in [9.17, 15) is 4.79 Å². The quantitative estimate of drug-likeness (QED) is 0.808. The van der Waals surface area contributed by atoms with E-state index in [0.717, 1.165) is 25.2 Å². The van der Waals surface area contributed by atoms with E-state index in [1.807, 2.05) is 17.0 Å². The Kier molecular flexibility index (Phi) is 5.51. The standard InChI is InChI=1S/C17H25ClN2O/c1-4-9-19-16-8-7-14(18)10-15(16)17(21)20(12(2)3)11-13-5-6-13/h7-8,10,12-13,19H,4-6,9,11H2,1-3H3. The minimum absolute atomic E-state index is 0.0815. The maximum atomic E-state index is 12.9. The zero-order valence-electron chi connectivity index (χ0n) is 13.2. The van der Waals surface area contributed by atoms with Gasteiger partial charge in [0.05, 0.1) is 5.56 Å². The number of halogens is 1. The number of carbonyl (C=O) groups excluding carboxylic acids is 1. The summed E-state index contributed by atoms with van der Waals surface area (Å²) in [6.45, 7) is 7.97. The zero-order chi connectivity index (χ0) is 15.4. The molecule has 1 aliphatic rings. The van der Waals surface area contributed by atoms with Gasteiger partial charge in [-0.05, 0) is 57.2 Å². The number of anilines is 1. The number of hydrogen-bond acceptors (Lipinski definition) is 2. The molecule has 1 saturated carbocycles. The minimum Gasteiger partial charge on any atom is -0.384 e. The number of hydrogen-bond donors (Lipinski definition) is 1. The van der Waals surface area contributed by atoms with Crippen LogP contribution in [-0.2, 0) is 0 Å². The van der Waals surface area contributed by atoms with Crippen LogP contribution in [0.15, 0.2) is 18.2 Å². The Balaban J connectivity index is 2.23. The molecule has 1 amide bonds. The van der Waals surface area contributed by atoms with Crippen LogP contribution in [0.2, 0.25) is 5.02 Å². The van der Waals surface area contributed by atoms with Crippen molar-refractivity contribution in [1.29, 1.82) is 0 Å². The van der Waals surface area contributed by atoms with Gasteiger partial charge in [-0.3, -0.25) is 4.79 Å². The molecule has 0 saturated heterocycles. The van der Waals surface area contributed by atoms with Gasteiger partial charge in [0.2, 0.25) is 0 Å². The third-order valence-electron chi connectivity index (χ3n) is 3.81. The number of rotatable bonds is 7. The maximum Gasteiger partial charge on any atom is 0.256 e. The summed E-state index contributed by atoms with van der Waals surface area (Å²) in [5.41, 5.74) is 1.57. The third-order valence-corrected chi connectivity index (χ3v) is 4.05. The highest BCUT2D eigenvalue weighted by molar-refractivity contribution is 6.31. The van der Waals surface area contributed by atoms with Crippen LogP contribution in [0, 0.1) is 5.92 Å². The van der Waals surface area contributed by atoms with E-state index >= 15 is 0 Å². The molecule has 0 spiro atoms. The molecule has 0 bridgehead atoms. The molecule has 1 aromatic rings. The number of benzene rings is 1. The van der Waals surface area contributed by atoms with Crippen LogP contribution >= 0.6 is 11.6 Å². The second kappa shape index (κ2) is 7.17. The molecule has 1 aliphatic carbocycles. The van der Waals surface area contributed by atoms with Gasteiger partial charge in [-0.1, -0.05) is 18.5 Å². The molecule has 21 heavy (non-hydrogen) atoms. The van der Waals surface area contributed by atoms with Gasteiger partial charge in [-0.25, -0.2) is 0 Å². The van der Waals surface area contributed by atoms with E-state index < -0.39 is 0 Å². The first-order valence-corrected chi connectivity index (χ1v) is 8.25. The second-order valence-electron chi connectivity index (χ2n) is 6.11. The molecule has 0 aromatic heterocycles. The Morgan fingerprint density at radius 2 is 2.14 bits per heavy atom. The van der Waals surface area contributed by atoms with Crippen molar-refractivity contribution in [1.82, 2.24) is 4.90 Å². The Bertz CT molecular complexity index is 498. The average molecular weight is 309 g/mol.